The van der Waals surface area contributed by atoms with E-state index in [9.17, 15) is 5.11 Å². The average Bonchev–Trinajstić information content (AvgIpc) is 2.53. The van der Waals surface area contributed by atoms with Gasteiger partial charge in [-0.1, -0.05) is 23.7 Å². The Morgan fingerprint density at radius 1 is 1.23 bits per heavy atom. The summed E-state index contributed by atoms with van der Waals surface area (Å²) in [6, 6.07) is 7.68. The lowest BCUT2D eigenvalue weighted by Gasteiger charge is -2.13. The molecule has 1 fully saturated rings. The van der Waals surface area contributed by atoms with E-state index in [1.807, 2.05) is 24.3 Å². The van der Waals surface area contributed by atoms with Gasteiger partial charge in [-0.3, -0.25) is 0 Å². The summed E-state index contributed by atoms with van der Waals surface area (Å²) in [7, 11) is 0. The second kappa shape index (κ2) is 3.66. The standard InChI is InChI=1S/C10H12ClNO/c11-8-3-1-7(2-4-8)9-5-12-6-10(9)13/h1-4,9-10,12-13H,5-6H2/t9-,10-/m0/s1. The van der Waals surface area contributed by atoms with E-state index >= 15 is 0 Å². The Kier molecular flexibility index (Phi) is 2.54. The highest BCUT2D eigenvalue weighted by molar-refractivity contribution is 6.30. The van der Waals surface area contributed by atoms with Crippen LogP contribution in [0.25, 0.3) is 0 Å². The van der Waals surface area contributed by atoms with Crippen LogP contribution >= 0.6 is 11.6 Å². The first-order chi connectivity index (χ1) is 6.27. The van der Waals surface area contributed by atoms with Crippen LogP contribution in [0.3, 0.4) is 0 Å². The Labute approximate surface area is 82.5 Å². The van der Waals surface area contributed by atoms with Crippen LogP contribution in [0.1, 0.15) is 11.5 Å². The van der Waals surface area contributed by atoms with E-state index in [0.717, 1.165) is 17.1 Å². The molecule has 1 aromatic carbocycles. The summed E-state index contributed by atoms with van der Waals surface area (Å²) >= 11 is 5.78. The largest absolute Gasteiger partial charge is 0.391 e. The Bertz CT molecular complexity index is 285. The first-order valence-corrected chi connectivity index (χ1v) is 4.79. The van der Waals surface area contributed by atoms with Crippen LogP contribution in [0.2, 0.25) is 5.02 Å². The fraction of sp³-hybridized carbons (Fsp3) is 0.400. The van der Waals surface area contributed by atoms with Gasteiger partial charge in [-0.2, -0.15) is 0 Å². The van der Waals surface area contributed by atoms with Gasteiger partial charge in [0.2, 0.25) is 0 Å². The summed E-state index contributed by atoms with van der Waals surface area (Å²) in [6.45, 7) is 1.54. The summed E-state index contributed by atoms with van der Waals surface area (Å²) in [5.41, 5.74) is 1.15. The zero-order valence-electron chi connectivity index (χ0n) is 7.20. The van der Waals surface area contributed by atoms with Crippen LogP contribution in [-0.4, -0.2) is 24.3 Å². The molecule has 1 heterocycles. The lowest BCUT2D eigenvalue weighted by Crippen LogP contribution is -2.15. The van der Waals surface area contributed by atoms with E-state index in [1.165, 1.54) is 0 Å². The number of aliphatic hydroxyl groups excluding tert-OH is 1. The second-order valence-corrected chi connectivity index (χ2v) is 3.82. The highest BCUT2D eigenvalue weighted by Crippen LogP contribution is 2.23. The third-order valence-electron chi connectivity index (χ3n) is 2.48. The first kappa shape index (κ1) is 9.00. The molecule has 1 saturated heterocycles. The Balaban J connectivity index is 2.20. The normalized spacial score (nSPS) is 27.8. The predicted octanol–water partition coefficient (Wildman–Crippen LogP) is 1.39. The number of aliphatic hydroxyl groups is 1. The number of β-amino-alcohol motifs (C(OH)–C–C–N with tert-alkyl or cyclic N) is 1. The molecule has 0 aromatic heterocycles. The number of rotatable bonds is 1. The molecule has 2 atom stereocenters. The summed E-state index contributed by atoms with van der Waals surface area (Å²) in [4.78, 5) is 0. The fourth-order valence-corrected chi connectivity index (χ4v) is 1.84. The highest BCUT2D eigenvalue weighted by Gasteiger charge is 2.25. The van der Waals surface area contributed by atoms with Crippen molar-refractivity contribution in [2.24, 2.45) is 0 Å². The first-order valence-electron chi connectivity index (χ1n) is 4.41. The van der Waals surface area contributed by atoms with Gasteiger partial charge in [0, 0.05) is 24.0 Å². The molecule has 0 radical (unpaired) electrons. The van der Waals surface area contributed by atoms with Crippen molar-refractivity contribution in [2.45, 2.75) is 12.0 Å². The molecule has 0 unspecified atom stereocenters. The summed E-state index contributed by atoms with van der Waals surface area (Å²) in [5, 5.41) is 13.5. The van der Waals surface area contributed by atoms with Gasteiger partial charge < -0.3 is 10.4 Å². The number of hydrogen-bond acceptors (Lipinski definition) is 2. The third kappa shape index (κ3) is 1.85. The van der Waals surface area contributed by atoms with Crippen molar-refractivity contribution < 1.29 is 5.11 Å². The molecule has 0 bridgehead atoms. The van der Waals surface area contributed by atoms with E-state index in [1.54, 1.807) is 0 Å². The quantitative estimate of drug-likeness (QED) is 0.713. The van der Waals surface area contributed by atoms with Crippen molar-refractivity contribution in [3.63, 3.8) is 0 Å². The molecular weight excluding hydrogens is 186 g/mol. The van der Waals surface area contributed by atoms with Crippen molar-refractivity contribution in [1.29, 1.82) is 0 Å². The maximum absolute atomic E-state index is 9.62. The molecule has 0 amide bonds. The minimum atomic E-state index is -0.263. The molecule has 3 heteroatoms. The van der Waals surface area contributed by atoms with Crippen LogP contribution in [0.4, 0.5) is 0 Å². The molecule has 0 spiro atoms. The van der Waals surface area contributed by atoms with Crippen LogP contribution in [0, 0.1) is 0 Å². The van der Waals surface area contributed by atoms with Crippen molar-refractivity contribution in [2.75, 3.05) is 13.1 Å². The molecule has 13 heavy (non-hydrogen) atoms. The molecule has 0 saturated carbocycles. The average molecular weight is 198 g/mol. The van der Waals surface area contributed by atoms with Crippen LogP contribution in [0.5, 0.6) is 0 Å². The minimum Gasteiger partial charge on any atom is -0.391 e. The van der Waals surface area contributed by atoms with Gasteiger partial charge in [0.25, 0.3) is 0 Å². The highest BCUT2D eigenvalue weighted by atomic mass is 35.5. The molecule has 70 valence electrons. The molecule has 2 N–H and O–H groups in total. The van der Waals surface area contributed by atoms with Crippen LogP contribution < -0.4 is 5.32 Å². The van der Waals surface area contributed by atoms with E-state index in [0.29, 0.717) is 6.54 Å². The summed E-state index contributed by atoms with van der Waals surface area (Å²) in [5.74, 6) is 0.220. The Morgan fingerprint density at radius 2 is 1.92 bits per heavy atom. The minimum absolute atomic E-state index is 0.220. The zero-order chi connectivity index (χ0) is 9.26. The van der Waals surface area contributed by atoms with Gasteiger partial charge in [-0.05, 0) is 17.7 Å². The summed E-state index contributed by atoms with van der Waals surface area (Å²) in [6.07, 6.45) is -0.263. The van der Waals surface area contributed by atoms with Gasteiger partial charge in [0.1, 0.15) is 0 Å². The Hall–Kier alpha value is -0.570. The predicted molar refractivity (Wildman–Crippen MR) is 53.1 cm³/mol. The molecule has 2 nitrogen and oxygen atoms in total. The lowest BCUT2D eigenvalue weighted by atomic mass is 9.96. The second-order valence-electron chi connectivity index (χ2n) is 3.38. The van der Waals surface area contributed by atoms with E-state index in [4.69, 9.17) is 11.6 Å². The van der Waals surface area contributed by atoms with Crippen molar-refractivity contribution in [3.05, 3.63) is 34.9 Å². The van der Waals surface area contributed by atoms with E-state index in [2.05, 4.69) is 5.32 Å². The summed E-state index contributed by atoms with van der Waals surface area (Å²) < 4.78 is 0. The number of nitrogens with one attached hydrogen (secondary N) is 1. The lowest BCUT2D eigenvalue weighted by molar-refractivity contribution is 0.178. The molecule has 1 aromatic rings. The molecule has 1 aliphatic rings. The van der Waals surface area contributed by atoms with E-state index < -0.39 is 0 Å². The maximum Gasteiger partial charge on any atom is 0.0745 e. The van der Waals surface area contributed by atoms with Gasteiger partial charge in [0.15, 0.2) is 0 Å². The molecular formula is C10H12ClNO. The fourth-order valence-electron chi connectivity index (χ4n) is 1.71. The van der Waals surface area contributed by atoms with Crippen LogP contribution in [0.15, 0.2) is 24.3 Å². The van der Waals surface area contributed by atoms with Crippen LogP contribution in [-0.2, 0) is 0 Å². The van der Waals surface area contributed by atoms with Gasteiger partial charge in [-0.25, -0.2) is 0 Å². The molecule has 0 aliphatic carbocycles. The zero-order valence-corrected chi connectivity index (χ0v) is 7.96. The monoisotopic (exact) mass is 197 g/mol. The SMILES string of the molecule is O[C@H]1CNC[C@H]1c1ccc(Cl)cc1. The van der Waals surface area contributed by atoms with Crippen molar-refractivity contribution in [3.8, 4) is 0 Å². The molecule has 1 aliphatic heterocycles. The third-order valence-corrected chi connectivity index (χ3v) is 2.73. The molecule has 2 rings (SSSR count). The van der Waals surface area contributed by atoms with Crippen molar-refractivity contribution >= 4 is 11.6 Å². The topological polar surface area (TPSA) is 32.3 Å². The number of hydrogen-bond donors (Lipinski definition) is 2. The van der Waals surface area contributed by atoms with Crippen molar-refractivity contribution in [1.82, 2.24) is 5.32 Å². The van der Waals surface area contributed by atoms with E-state index in [-0.39, 0.29) is 12.0 Å². The van der Waals surface area contributed by atoms with Gasteiger partial charge in [0.05, 0.1) is 6.10 Å². The maximum atomic E-state index is 9.62. The Morgan fingerprint density at radius 3 is 2.46 bits per heavy atom. The number of halogens is 1. The number of benzene rings is 1. The van der Waals surface area contributed by atoms with Gasteiger partial charge >= 0.3 is 0 Å². The smallest absolute Gasteiger partial charge is 0.0745 e. The van der Waals surface area contributed by atoms with Gasteiger partial charge in [-0.15, -0.1) is 0 Å².